The molecule has 0 radical (unpaired) electrons. The second kappa shape index (κ2) is 12.2. The summed E-state index contributed by atoms with van der Waals surface area (Å²) in [6, 6.07) is 67.1. The summed E-state index contributed by atoms with van der Waals surface area (Å²) in [5.41, 5.74) is 12.0. The molecule has 0 N–H and O–H groups in total. The van der Waals surface area contributed by atoms with Crippen LogP contribution in [0, 0.1) is 0 Å². The van der Waals surface area contributed by atoms with Crippen molar-refractivity contribution in [3.63, 3.8) is 0 Å². The highest BCUT2D eigenvalue weighted by molar-refractivity contribution is 7.26. The number of fused-ring (bicyclic) bond motifs is 6. The summed E-state index contributed by atoms with van der Waals surface area (Å²) in [4.78, 5) is 2.39. The minimum Gasteiger partial charge on any atom is -0.453 e. The van der Waals surface area contributed by atoms with Crippen molar-refractivity contribution in [1.82, 2.24) is 0 Å². The summed E-state index contributed by atoms with van der Waals surface area (Å²) in [5, 5.41) is 4.70. The average molecular weight is 670 g/mol. The number of anilines is 3. The topological polar surface area (TPSA) is 16.4 Å². The Morgan fingerprint density at radius 2 is 0.902 bits per heavy atom. The van der Waals surface area contributed by atoms with Crippen LogP contribution in [0.1, 0.15) is 0 Å². The molecule has 10 aromatic rings. The van der Waals surface area contributed by atoms with Crippen LogP contribution < -0.4 is 4.90 Å². The van der Waals surface area contributed by atoms with E-state index < -0.39 is 0 Å². The van der Waals surface area contributed by atoms with Crippen LogP contribution >= 0.6 is 11.3 Å². The minimum absolute atomic E-state index is 0.865. The van der Waals surface area contributed by atoms with Crippen molar-refractivity contribution in [3.05, 3.63) is 188 Å². The van der Waals surface area contributed by atoms with Crippen LogP contribution in [0.4, 0.5) is 17.1 Å². The fraction of sp³-hybridized carbons (Fsp3) is 0. The predicted molar refractivity (Wildman–Crippen MR) is 218 cm³/mol. The normalized spacial score (nSPS) is 11.5. The van der Waals surface area contributed by atoms with E-state index in [1.165, 1.54) is 42.4 Å². The highest BCUT2D eigenvalue weighted by Gasteiger charge is 2.24. The Labute approximate surface area is 300 Å². The number of thiophene rings is 1. The molecule has 0 aliphatic heterocycles. The van der Waals surface area contributed by atoms with Gasteiger partial charge in [0.15, 0.2) is 5.58 Å². The first-order valence-corrected chi connectivity index (χ1v) is 18.1. The van der Waals surface area contributed by atoms with Gasteiger partial charge in [0.25, 0.3) is 0 Å². The van der Waals surface area contributed by atoms with E-state index in [0.29, 0.717) is 0 Å². The van der Waals surface area contributed by atoms with Gasteiger partial charge in [0.1, 0.15) is 5.58 Å². The molecule has 51 heavy (non-hydrogen) atoms. The van der Waals surface area contributed by atoms with Gasteiger partial charge < -0.3 is 9.32 Å². The lowest BCUT2D eigenvalue weighted by Gasteiger charge is -2.26. The zero-order valence-corrected chi connectivity index (χ0v) is 28.5. The van der Waals surface area contributed by atoms with Gasteiger partial charge in [0.2, 0.25) is 0 Å². The maximum atomic E-state index is 7.01. The van der Waals surface area contributed by atoms with Crippen molar-refractivity contribution in [2.75, 3.05) is 4.90 Å². The maximum Gasteiger partial charge on any atom is 0.159 e. The van der Waals surface area contributed by atoms with Crippen molar-refractivity contribution in [2.45, 2.75) is 0 Å². The lowest BCUT2D eigenvalue weighted by Crippen LogP contribution is -2.10. The molecule has 8 aromatic carbocycles. The lowest BCUT2D eigenvalue weighted by molar-refractivity contribution is 0.670. The molecule has 0 saturated carbocycles. The lowest BCUT2D eigenvalue weighted by atomic mass is 10.0. The van der Waals surface area contributed by atoms with E-state index in [1.54, 1.807) is 0 Å². The number of para-hydroxylation sites is 2. The molecule has 0 bridgehead atoms. The Morgan fingerprint density at radius 1 is 0.373 bits per heavy atom. The highest BCUT2D eigenvalue weighted by Crippen LogP contribution is 2.49. The fourth-order valence-corrected chi connectivity index (χ4v) is 8.79. The van der Waals surface area contributed by atoms with Gasteiger partial charge in [-0.2, -0.15) is 0 Å². The van der Waals surface area contributed by atoms with Gasteiger partial charge >= 0.3 is 0 Å². The molecule has 0 amide bonds. The van der Waals surface area contributed by atoms with Crippen LogP contribution in [-0.2, 0) is 0 Å². The third-order valence-electron chi connectivity index (χ3n) is 9.89. The summed E-state index contributed by atoms with van der Waals surface area (Å²) < 4.78 is 9.55. The van der Waals surface area contributed by atoms with Gasteiger partial charge in [-0.3, -0.25) is 0 Å². The molecule has 0 atom stereocenters. The van der Waals surface area contributed by atoms with Gasteiger partial charge in [0, 0.05) is 42.2 Å². The Kier molecular flexibility index (Phi) is 7.04. The van der Waals surface area contributed by atoms with Crippen molar-refractivity contribution in [1.29, 1.82) is 0 Å². The molecule has 2 nitrogen and oxygen atoms in total. The van der Waals surface area contributed by atoms with E-state index in [4.69, 9.17) is 4.42 Å². The summed E-state index contributed by atoms with van der Waals surface area (Å²) in [6.45, 7) is 0. The average Bonchev–Trinajstić information content (AvgIpc) is 3.79. The zero-order chi connectivity index (χ0) is 33.7. The van der Waals surface area contributed by atoms with E-state index in [2.05, 4.69) is 193 Å². The van der Waals surface area contributed by atoms with Crippen molar-refractivity contribution < 1.29 is 4.42 Å². The monoisotopic (exact) mass is 669 g/mol. The Morgan fingerprint density at radius 3 is 1.61 bits per heavy atom. The van der Waals surface area contributed by atoms with E-state index in [0.717, 1.165) is 50.1 Å². The number of hydrogen-bond acceptors (Lipinski definition) is 3. The Hall–Kier alpha value is -6.42. The molecule has 0 aliphatic carbocycles. The Bertz CT molecular complexity index is 2840. The van der Waals surface area contributed by atoms with Gasteiger partial charge in [-0.05, 0) is 58.1 Å². The second-order valence-corrected chi connectivity index (χ2v) is 13.9. The number of furan rings is 1. The van der Waals surface area contributed by atoms with Crippen LogP contribution in [0.5, 0.6) is 0 Å². The smallest absolute Gasteiger partial charge is 0.159 e. The fourth-order valence-electron chi connectivity index (χ4n) is 7.53. The number of rotatable bonds is 6. The molecule has 0 aliphatic rings. The van der Waals surface area contributed by atoms with Gasteiger partial charge in [-0.1, -0.05) is 158 Å². The first kappa shape index (κ1) is 29.5. The molecule has 0 unspecified atom stereocenters. The molecule has 240 valence electrons. The van der Waals surface area contributed by atoms with E-state index in [9.17, 15) is 0 Å². The van der Waals surface area contributed by atoms with Gasteiger partial charge in [0.05, 0.1) is 11.4 Å². The van der Waals surface area contributed by atoms with Crippen LogP contribution in [-0.4, -0.2) is 0 Å². The molecule has 10 rings (SSSR count). The third kappa shape index (κ3) is 4.93. The third-order valence-corrected chi connectivity index (χ3v) is 11.1. The first-order valence-electron chi connectivity index (χ1n) is 17.3. The quantitative estimate of drug-likeness (QED) is 0.175. The minimum atomic E-state index is 0.865. The highest BCUT2D eigenvalue weighted by atomic mass is 32.1. The molecule has 0 saturated heterocycles. The van der Waals surface area contributed by atoms with E-state index in [-0.39, 0.29) is 0 Å². The molecule has 0 spiro atoms. The number of benzene rings is 8. The summed E-state index contributed by atoms with van der Waals surface area (Å²) in [6.07, 6.45) is 0. The summed E-state index contributed by atoms with van der Waals surface area (Å²) in [5.74, 6) is 0. The second-order valence-electron chi connectivity index (χ2n) is 12.9. The van der Waals surface area contributed by atoms with Crippen LogP contribution in [0.25, 0.3) is 75.5 Å². The van der Waals surface area contributed by atoms with Gasteiger partial charge in [-0.25, -0.2) is 0 Å². The van der Waals surface area contributed by atoms with Gasteiger partial charge in [-0.15, -0.1) is 11.3 Å². The van der Waals surface area contributed by atoms with Crippen molar-refractivity contribution in [2.24, 2.45) is 0 Å². The predicted octanol–water partition coefficient (Wildman–Crippen LogP) is 14.4. The summed E-state index contributed by atoms with van der Waals surface area (Å²) in [7, 11) is 0. The maximum absolute atomic E-state index is 7.01. The Balaban J connectivity index is 1.24. The van der Waals surface area contributed by atoms with E-state index >= 15 is 0 Å². The summed E-state index contributed by atoms with van der Waals surface area (Å²) >= 11 is 1.86. The SMILES string of the molecule is c1ccc(-c2ccc(N(c3cccc4c3oc3c(-c5ccccc5)cccc34)c3cccc4sc5c(-c6ccccc6)cccc5c34)cc2)cc1. The largest absolute Gasteiger partial charge is 0.453 e. The zero-order valence-electron chi connectivity index (χ0n) is 27.7. The van der Waals surface area contributed by atoms with Crippen LogP contribution in [0.15, 0.2) is 192 Å². The van der Waals surface area contributed by atoms with Crippen LogP contribution in [0.2, 0.25) is 0 Å². The molecule has 2 heterocycles. The van der Waals surface area contributed by atoms with Crippen molar-refractivity contribution in [3.8, 4) is 33.4 Å². The standard InChI is InChI=1S/C48H31NOS/c1-4-14-32(15-5-1)33-28-30-36(31-29-33)49(42-25-13-27-44-45(42)41-24-11-21-38(48(41)51-44)35-18-8-3-9-19-35)43-26-12-23-40-39-22-10-20-37(46(39)50-47(40)43)34-16-6-2-7-17-34/h1-31H. The van der Waals surface area contributed by atoms with Crippen molar-refractivity contribution >= 4 is 70.5 Å². The molecule has 2 aromatic heterocycles. The molecule has 3 heteroatoms. The molecular formula is C48H31NOS. The van der Waals surface area contributed by atoms with Crippen LogP contribution in [0.3, 0.4) is 0 Å². The molecular weight excluding hydrogens is 639 g/mol. The van der Waals surface area contributed by atoms with E-state index in [1.807, 2.05) is 11.3 Å². The first-order chi connectivity index (χ1) is 25.3. The molecule has 0 fully saturated rings. The number of nitrogens with zero attached hydrogens (tertiary/aromatic N) is 1. The number of hydrogen-bond donors (Lipinski definition) is 0.